The molecule has 92 valence electrons. The molecule has 1 N–H and O–H groups in total. The molecule has 1 aliphatic carbocycles. The third-order valence-electron chi connectivity index (χ3n) is 3.20. The number of aromatic amines is 1. The van der Waals surface area contributed by atoms with Crippen LogP contribution in [0.25, 0.3) is 11.3 Å². The smallest absolute Gasteiger partial charge is 0.356 e. The molecule has 0 radical (unpaired) electrons. The van der Waals surface area contributed by atoms with Gasteiger partial charge in [-0.25, -0.2) is 4.79 Å². The van der Waals surface area contributed by atoms with Crippen molar-refractivity contribution in [1.29, 1.82) is 0 Å². The molecule has 0 spiro atoms. The predicted molar refractivity (Wildman–Crippen MR) is 64.7 cm³/mol. The van der Waals surface area contributed by atoms with Crippen molar-refractivity contribution in [3.63, 3.8) is 0 Å². The van der Waals surface area contributed by atoms with Crippen molar-refractivity contribution in [2.75, 3.05) is 14.2 Å². The van der Waals surface area contributed by atoms with E-state index in [-0.39, 0.29) is 5.97 Å². The lowest BCUT2D eigenvalue weighted by molar-refractivity contribution is 0.0593. The molecule has 18 heavy (non-hydrogen) atoms. The number of carbonyl (C=O) groups excluding carboxylic acids is 1. The Morgan fingerprint density at radius 3 is 2.94 bits per heavy atom. The molecule has 0 amide bonds. The predicted octanol–water partition coefficient (Wildman–Crippen LogP) is 1.78. The molecule has 1 aromatic heterocycles. The molecule has 2 aromatic rings. The molecule has 0 bridgehead atoms. The van der Waals surface area contributed by atoms with Gasteiger partial charge in [-0.05, 0) is 17.7 Å². The molecule has 5 heteroatoms. The van der Waals surface area contributed by atoms with Crippen molar-refractivity contribution >= 4 is 5.97 Å². The van der Waals surface area contributed by atoms with E-state index in [2.05, 4.69) is 10.2 Å². The zero-order chi connectivity index (χ0) is 12.7. The molecule has 1 aromatic carbocycles. The van der Waals surface area contributed by atoms with Crippen molar-refractivity contribution in [3.05, 3.63) is 35.0 Å². The summed E-state index contributed by atoms with van der Waals surface area (Å²) in [5.74, 6) is 0.396. The number of aromatic nitrogens is 2. The van der Waals surface area contributed by atoms with Crippen LogP contribution in [0, 0.1) is 0 Å². The fourth-order valence-corrected chi connectivity index (χ4v) is 2.28. The van der Waals surface area contributed by atoms with Gasteiger partial charge in [0.2, 0.25) is 0 Å². The van der Waals surface area contributed by atoms with Crippen molar-refractivity contribution in [3.8, 4) is 17.0 Å². The second-order valence-corrected chi connectivity index (χ2v) is 4.12. The zero-order valence-electron chi connectivity index (χ0n) is 10.1. The number of hydrogen-bond donors (Lipinski definition) is 1. The van der Waals surface area contributed by atoms with E-state index in [4.69, 9.17) is 9.47 Å². The summed E-state index contributed by atoms with van der Waals surface area (Å²) in [6.45, 7) is 0. The lowest BCUT2D eigenvalue weighted by Crippen LogP contribution is -2.04. The number of ether oxygens (including phenoxy) is 2. The molecule has 0 saturated carbocycles. The highest BCUT2D eigenvalue weighted by molar-refractivity contribution is 5.93. The van der Waals surface area contributed by atoms with Crippen molar-refractivity contribution in [2.45, 2.75) is 6.42 Å². The van der Waals surface area contributed by atoms with Gasteiger partial charge in [-0.3, -0.25) is 5.10 Å². The van der Waals surface area contributed by atoms with Crippen LogP contribution in [0.15, 0.2) is 18.2 Å². The molecule has 5 nitrogen and oxygen atoms in total. The number of nitrogens with zero attached hydrogens (tertiary/aromatic N) is 1. The fourth-order valence-electron chi connectivity index (χ4n) is 2.28. The molecule has 3 rings (SSSR count). The average Bonchev–Trinajstić information content (AvgIpc) is 2.95. The average molecular weight is 244 g/mol. The number of H-pyrrole nitrogens is 1. The van der Waals surface area contributed by atoms with Gasteiger partial charge in [0, 0.05) is 17.5 Å². The van der Waals surface area contributed by atoms with Gasteiger partial charge in [0.15, 0.2) is 0 Å². The maximum Gasteiger partial charge on any atom is 0.356 e. The number of hydrogen-bond acceptors (Lipinski definition) is 4. The van der Waals surface area contributed by atoms with Crippen LogP contribution in [0.1, 0.15) is 21.6 Å². The largest absolute Gasteiger partial charge is 0.497 e. The zero-order valence-corrected chi connectivity index (χ0v) is 10.1. The summed E-state index contributed by atoms with van der Waals surface area (Å²) in [4.78, 5) is 11.6. The summed E-state index contributed by atoms with van der Waals surface area (Å²) in [5.41, 5.74) is 4.29. The van der Waals surface area contributed by atoms with Gasteiger partial charge >= 0.3 is 5.97 Å². The summed E-state index contributed by atoms with van der Waals surface area (Å²) in [5, 5.41) is 6.94. The van der Waals surface area contributed by atoms with Crippen LogP contribution in [0.5, 0.6) is 5.75 Å². The van der Waals surface area contributed by atoms with Crippen LogP contribution in [-0.4, -0.2) is 30.4 Å². The van der Waals surface area contributed by atoms with E-state index in [9.17, 15) is 4.79 Å². The van der Waals surface area contributed by atoms with E-state index in [0.29, 0.717) is 12.1 Å². The minimum absolute atomic E-state index is 0.386. The summed E-state index contributed by atoms with van der Waals surface area (Å²) in [6, 6.07) is 5.84. The number of esters is 1. The normalized spacial score (nSPS) is 11.9. The molecule has 0 atom stereocenters. The Morgan fingerprint density at radius 2 is 2.22 bits per heavy atom. The van der Waals surface area contributed by atoms with Crippen LogP contribution in [0.4, 0.5) is 0 Å². The van der Waals surface area contributed by atoms with E-state index in [1.807, 2.05) is 18.2 Å². The number of methoxy groups -OCH3 is 2. The van der Waals surface area contributed by atoms with Crippen LogP contribution in [-0.2, 0) is 11.2 Å². The SMILES string of the molecule is COC(=O)c1[nH]nc2c1Cc1ccc(OC)cc1-2. The highest BCUT2D eigenvalue weighted by Crippen LogP contribution is 2.38. The Balaban J connectivity index is 2.11. The molecule has 0 fully saturated rings. The first-order valence-corrected chi connectivity index (χ1v) is 5.57. The van der Waals surface area contributed by atoms with Crippen LogP contribution >= 0.6 is 0 Å². The fraction of sp³-hybridized carbons (Fsp3) is 0.231. The minimum Gasteiger partial charge on any atom is -0.497 e. The third kappa shape index (κ3) is 1.40. The van der Waals surface area contributed by atoms with Crippen LogP contribution < -0.4 is 4.74 Å². The number of nitrogens with one attached hydrogen (secondary N) is 1. The maximum absolute atomic E-state index is 11.6. The number of carbonyl (C=O) groups is 1. The second-order valence-electron chi connectivity index (χ2n) is 4.12. The Morgan fingerprint density at radius 1 is 1.39 bits per heavy atom. The lowest BCUT2D eigenvalue weighted by atomic mass is 10.1. The van der Waals surface area contributed by atoms with E-state index in [0.717, 1.165) is 28.1 Å². The van der Waals surface area contributed by atoms with E-state index < -0.39 is 0 Å². The molecule has 0 aliphatic heterocycles. The van der Waals surface area contributed by atoms with E-state index in [1.54, 1.807) is 7.11 Å². The summed E-state index contributed by atoms with van der Waals surface area (Å²) < 4.78 is 9.93. The van der Waals surface area contributed by atoms with E-state index in [1.165, 1.54) is 7.11 Å². The van der Waals surface area contributed by atoms with Crippen molar-refractivity contribution < 1.29 is 14.3 Å². The number of fused-ring (bicyclic) bond motifs is 3. The summed E-state index contributed by atoms with van der Waals surface area (Å²) >= 11 is 0. The highest BCUT2D eigenvalue weighted by Gasteiger charge is 2.28. The maximum atomic E-state index is 11.6. The Bertz CT molecular complexity index is 631. The van der Waals surface area contributed by atoms with Crippen LogP contribution in [0.3, 0.4) is 0 Å². The molecule has 1 heterocycles. The first-order chi connectivity index (χ1) is 8.74. The second kappa shape index (κ2) is 3.87. The van der Waals surface area contributed by atoms with Gasteiger partial charge in [0.05, 0.1) is 19.9 Å². The van der Waals surface area contributed by atoms with E-state index >= 15 is 0 Å². The highest BCUT2D eigenvalue weighted by atomic mass is 16.5. The van der Waals surface area contributed by atoms with Crippen LogP contribution in [0.2, 0.25) is 0 Å². The molecular weight excluding hydrogens is 232 g/mol. The van der Waals surface area contributed by atoms with Crippen molar-refractivity contribution in [2.24, 2.45) is 0 Å². The topological polar surface area (TPSA) is 64.2 Å². The third-order valence-corrected chi connectivity index (χ3v) is 3.20. The first kappa shape index (κ1) is 10.8. The minimum atomic E-state index is -0.386. The molecular formula is C13H12N2O3. The van der Waals surface area contributed by atoms with Gasteiger partial charge in [0.1, 0.15) is 11.4 Å². The van der Waals surface area contributed by atoms with Gasteiger partial charge in [0.25, 0.3) is 0 Å². The standard InChI is InChI=1S/C13H12N2O3/c1-17-8-4-3-7-5-10-11(9(7)6-8)14-15-12(10)13(16)18-2/h3-4,6H,5H2,1-2H3,(H,14,15). The summed E-state index contributed by atoms with van der Waals surface area (Å²) in [6.07, 6.45) is 0.690. The Labute approximate surface area is 104 Å². The first-order valence-electron chi connectivity index (χ1n) is 5.57. The van der Waals surface area contributed by atoms with Gasteiger partial charge in [-0.1, -0.05) is 6.07 Å². The number of benzene rings is 1. The molecule has 0 unspecified atom stereocenters. The lowest BCUT2D eigenvalue weighted by Gasteiger charge is -2.03. The van der Waals surface area contributed by atoms with Gasteiger partial charge in [-0.2, -0.15) is 5.10 Å². The van der Waals surface area contributed by atoms with Crippen molar-refractivity contribution in [1.82, 2.24) is 10.2 Å². The van der Waals surface area contributed by atoms with Gasteiger partial charge < -0.3 is 9.47 Å². The Hall–Kier alpha value is -2.30. The monoisotopic (exact) mass is 244 g/mol. The molecule has 1 aliphatic rings. The van der Waals surface area contributed by atoms with Gasteiger partial charge in [-0.15, -0.1) is 0 Å². The Kier molecular flexibility index (Phi) is 2.33. The molecule has 0 saturated heterocycles. The quantitative estimate of drug-likeness (QED) is 0.698. The number of rotatable bonds is 2. The summed E-state index contributed by atoms with van der Waals surface area (Å²) in [7, 11) is 2.99.